The van der Waals surface area contributed by atoms with E-state index in [4.69, 9.17) is 0 Å². The van der Waals surface area contributed by atoms with Gasteiger partial charge in [-0.25, -0.2) is 0 Å². The summed E-state index contributed by atoms with van der Waals surface area (Å²) in [6.45, 7) is 4.61. The van der Waals surface area contributed by atoms with E-state index in [2.05, 4.69) is 74.5 Å². The van der Waals surface area contributed by atoms with Crippen LogP contribution in [-0.2, 0) is 6.42 Å². The number of benzene rings is 2. The average Bonchev–Trinajstić information content (AvgIpc) is 2.86. The number of rotatable bonds is 9. The van der Waals surface area contributed by atoms with Gasteiger partial charge in [-0.15, -0.1) is 0 Å². The molecule has 0 heterocycles. The Bertz CT molecular complexity index is 817. The molecular weight excluding hydrogens is 384 g/mol. The summed E-state index contributed by atoms with van der Waals surface area (Å²) in [6, 6.07) is 19.2. The van der Waals surface area contributed by atoms with E-state index < -0.39 is 0 Å². The highest BCUT2D eigenvalue weighted by Crippen LogP contribution is 2.39. The first-order valence-electron chi connectivity index (χ1n) is 13.6. The van der Waals surface area contributed by atoms with Gasteiger partial charge in [0.1, 0.15) is 0 Å². The molecule has 32 heavy (non-hydrogen) atoms. The van der Waals surface area contributed by atoms with Gasteiger partial charge >= 0.3 is 0 Å². The molecule has 0 heteroatoms. The normalized spacial score (nSPS) is 25.7. The molecule has 4 rings (SSSR count). The fraction of sp³-hybridized carbons (Fsp3) is 0.562. The lowest BCUT2D eigenvalue weighted by molar-refractivity contribution is 0.308. The fourth-order valence-electron chi connectivity index (χ4n) is 6.09. The number of hydrogen-bond acceptors (Lipinski definition) is 0. The maximum Gasteiger partial charge on any atom is 0.00185 e. The summed E-state index contributed by atoms with van der Waals surface area (Å²) in [4.78, 5) is 0. The Morgan fingerprint density at radius 3 is 1.69 bits per heavy atom. The van der Waals surface area contributed by atoms with E-state index in [1.54, 1.807) is 5.56 Å². The largest absolute Gasteiger partial charge is 0.0804 e. The number of unbranched alkanes of at least 4 members (excludes halogenated alkanes) is 2. The summed E-state index contributed by atoms with van der Waals surface area (Å²) in [6.07, 6.45) is 21.1. The Hall–Kier alpha value is -1.82. The van der Waals surface area contributed by atoms with Gasteiger partial charge < -0.3 is 0 Å². The first-order chi connectivity index (χ1) is 15.8. The molecule has 0 aliphatic heterocycles. The quantitative estimate of drug-likeness (QED) is 0.275. The van der Waals surface area contributed by atoms with E-state index in [0.29, 0.717) is 11.8 Å². The van der Waals surface area contributed by atoms with Crippen molar-refractivity contribution in [2.45, 2.75) is 109 Å². The summed E-state index contributed by atoms with van der Waals surface area (Å²) in [5.74, 6) is 2.98. The molecule has 2 aromatic rings. The molecule has 1 saturated carbocycles. The summed E-state index contributed by atoms with van der Waals surface area (Å²) >= 11 is 0. The second-order valence-corrected chi connectivity index (χ2v) is 10.5. The Morgan fingerprint density at radius 1 is 0.594 bits per heavy atom. The second kappa shape index (κ2) is 11.9. The average molecular weight is 429 g/mol. The lowest BCUT2D eigenvalue weighted by Gasteiger charge is -2.29. The zero-order valence-electron chi connectivity index (χ0n) is 20.6. The highest BCUT2D eigenvalue weighted by molar-refractivity contribution is 5.34. The molecule has 1 fully saturated rings. The van der Waals surface area contributed by atoms with Gasteiger partial charge in [-0.1, -0.05) is 100 Å². The smallest absolute Gasteiger partial charge is 0.00185 e. The van der Waals surface area contributed by atoms with Crippen LogP contribution in [0.1, 0.15) is 124 Å². The standard InChI is InChI=1S/C32H44/c1-3-5-6-8-26-11-15-28(16-12-26)30-19-23-32(24-20-30)31-21-17-29(18-22-31)27-13-9-25(7-4-2)10-14-27/h11-12,15-19,21-23,25,27,30,32H,3-10,13-14,20,24H2,1-2H3. The van der Waals surface area contributed by atoms with E-state index in [1.807, 2.05) is 0 Å². The molecule has 0 nitrogen and oxygen atoms in total. The molecule has 2 aliphatic carbocycles. The SMILES string of the molecule is CCCCCc1ccc(C2C=CC(c3ccc(C4CCC(CCC)CC4)cc3)CC2)cc1. The van der Waals surface area contributed by atoms with Crippen molar-refractivity contribution in [3.63, 3.8) is 0 Å². The monoisotopic (exact) mass is 428 g/mol. The molecule has 2 aromatic carbocycles. The van der Waals surface area contributed by atoms with Crippen LogP contribution in [0.4, 0.5) is 0 Å². The van der Waals surface area contributed by atoms with Gasteiger partial charge in [-0.05, 0) is 85.5 Å². The zero-order chi connectivity index (χ0) is 22.2. The topological polar surface area (TPSA) is 0 Å². The van der Waals surface area contributed by atoms with Crippen LogP contribution >= 0.6 is 0 Å². The molecule has 2 unspecified atom stereocenters. The first kappa shape index (κ1) is 23.3. The van der Waals surface area contributed by atoms with Gasteiger partial charge in [-0.2, -0.15) is 0 Å². The minimum atomic E-state index is 0.591. The molecule has 0 radical (unpaired) electrons. The lowest BCUT2D eigenvalue weighted by atomic mass is 9.76. The molecular formula is C32H44. The lowest BCUT2D eigenvalue weighted by Crippen LogP contribution is -2.13. The van der Waals surface area contributed by atoms with Crippen molar-refractivity contribution in [3.05, 3.63) is 82.9 Å². The van der Waals surface area contributed by atoms with Crippen LogP contribution in [0.3, 0.4) is 0 Å². The third kappa shape index (κ3) is 6.15. The molecule has 172 valence electrons. The molecule has 0 amide bonds. The summed E-state index contributed by atoms with van der Waals surface area (Å²) in [7, 11) is 0. The van der Waals surface area contributed by atoms with Gasteiger partial charge in [0.15, 0.2) is 0 Å². The van der Waals surface area contributed by atoms with Gasteiger partial charge in [0.05, 0.1) is 0 Å². The van der Waals surface area contributed by atoms with Crippen molar-refractivity contribution in [1.82, 2.24) is 0 Å². The first-order valence-corrected chi connectivity index (χ1v) is 13.6. The van der Waals surface area contributed by atoms with Gasteiger partial charge in [0, 0.05) is 11.8 Å². The van der Waals surface area contributed by atoms with Crippen molar-refractivity contribution in [2.24, 2.45) is 5.92 Å². The Balaban J connectivity index is 1.30. The number of allylic oxidation sites excluding steroid dienone is 2. The van der Waals surface area contributed by atoms with Crippen LogP contribution in [0.25, 0.3) is 0 Å². The summed E-state index contributed by atoms with van der Waals surface area (Å²) < 4.78 is 0. The molecule has 0 bridgehead atoms. The van der Waals surface area contributed by atoms with Crippen molar-refractivity contribution in [3.8, 4) is 0 Å². The van der Waals surface area contributed by atoms with Crippen molar-refractivity contribution in [2.75, 3.05) is 0 Å². The van der Waals surface area contributed by atoms with Crippen molar-refractivity contribution < 1.29 is 0 Å². The van der Waals surface area contributed by atoms with Crippen LogP contribution in [0.15, 0.2) is 60.7 Å². The second-order valence-electron chi connectivity index (χ2n) is 10.5. The molecule has 0 N–H and O–H groups in total. The Morgan fingerprint density at radius 2 is 1.16 bits per heavy atom. The van der Waals surface area contributed by atoms with E-state index in [0.717, 1.165) is 11.8 Å². The molecule has 0 spiro atoms. The predicted octanol–water partition coefficient (Wildman–Crippen LogP) is 9.71. The molecule has 2 atom stereocenters. The van der Waals surface area contributed by atoms with Crippen LogP contribution in [0, 0.1) is 5.92 Å². The van der Waals surface area contributed by atoms with Crippen LogP contribution in [0.5, 0.6) is 0 Å². The van der Waals surface area contributed by atoms with E-state index in [9.17, 15) is 0 Å². The zero-order valence-corrected chi connectivity index (χ0v) is 20.6. The Labute approximate surface area is 197 Å². The van der Waals surface area contributed by atoms with Crippen LogP contribution < -0.4 is 0 Å². The summed E-state index contributed by atoms with van der Waals surface area (Å²) in [5, 5.41) is 0. The van der Waals surface area contributed by atoms with E-state index in [-0.39, 0.29) is 0 Å². The number of aryl methyl sites for hydroxylation is 1. The minimum absolute atomic E-state index is 0.591. The fourth-order valence-corrected chi connectivity index (χ4v) is 6.09. The predicted molar refractivity (Wildman–Crippen MR) is 140 cm³/mol. The van der Waals surface area contributed by atoms with E-state index in [1.165, 1.54) is 93.7 Å². The third-order valence-corrected chi connectivity index (χ3v) is 8.22. The molecule has 0 saturated heterocycles. The van der Waals surface area contributed by atoms with Gasteiger partial charge in [0.2, 0.25) is 0 Å². The highest BCUT2D eigenvalue weighted by atomic mass is 14.3. The maximum absolute atomic E-state index is 2.48. The maximum atomic E-state index is 2.48. The van der Waals surface area contributed by atoms with E-state index >= 15 is 0 Å². The minimum Gasteiger partial charge on any atom is -0.0804 e. The van der Waals surface area contributed by atoms with Crippen LogP contribution in [-0.4, -0.2) is 0 Å². The van der Waals surface area contributed by atoms with Gasteiger partial charge in [-0.3, -0.25) is 0 Å². The van der Waals surface area contributed by atoms with Crippen molar-refractivity contribution >= 4 is 0 Å². The van der Waals surface area contributed by atoms with Crippen LogP contribution in [0.2, 0.25) is 0 Å². The van der Waals surface area contributed by atoms with Crippen molar-refractivity contribution in [1.29, 1.82) is 0 Å². The Kier molecular flexibility index (Phi) is 8.66. The molecule has 0 aromatic heterocycles. The summed E-state index contributed by atoms with van der Waals surface area (Å²) in [5.41, 5.74) is 6.08. The number of hydrogen-bond donors (Lipinski definition) is 0. The third-order valence-electron chi connectivity index (χ3n) is 8.22. The highest BCUT2D eigenvalue weighted by Gasteiger charge is 2.23. The molecule has 2 aliphatic rings. The van der Waals surface area contributed by atoms with Gasteiger partial charge in [0.25, 0.3) is 0 Å².